The van der Waals surface area contributed by atoms with E-state index in [9.17, 15) is 14.0 Å². The average molecular weight is 254 g/mol. The number of hydrogen-bond donors (Lipinski definition) is 2. The van der Waals surface area contributed by atoms with Crippen molar-refractivity contribution >= 4 is 17.6 Å². The molecule has 1 aromatic rings. The first-order valence-electron chi connectivity index (χ1n) is 5.35. The number of aryl methyl sites for hydroxylation is 1. The third-order valence-corrected chi connectivity index (χ3v) is 2.45. The van der Waals surface area contributed by atoms with Gasteiger partial charge in [0, 0.05) is 5.69 Å². The van der Waals surface area contributed by atoms with Gasteiger partial charge >= 0.3 is 5.97 Å². The van der Waals surface area contributed by atoms with Gasteiger partial charge in [-0.2, -0.15) is 0 Å². The Hall–Kier alpha value is -2.11. The van der Waals surface area contributed by atoms with Gasteiger partial charge in [-0.15, -0.1) is 0 Å². The van der Waals surface area contributed by atoms with Crippen LogP contribution in [0.1, 0.15) is 22.8 Å². The normalized spacial score (nSPS) is 11.9. The summed E-state index contributed by atoms with van der Waals surface area (Å²) in [5, 5.41) is 0. The Bertz CT molecular complexity index is 488. The molecular weight excluding hydrogens is 239 g/mol. The van der Waals surface area contributed by atoms with Crippen molar-refractivity contribution in [1.82, 2.24) is 0 Å². The smallest absolute Gasteiger partial charge is 0.341 e. The van der Waals surface area contributed by atoms with Crippen LogP contribution < -0.4 is 11.5 Å². The number of ether oxygens (including phenoxy) is 1. The molecule has 4 N–H and O–H groups in total. The third-order valence-electron chi connectivity index (χ3n) is 2.45. The summed E-state index contributed by atoms with van der Waals surface area (Å²) in [6, 6.07) is 2.61. The molecule has 0 aliphatic carbocycles. The van der Waals surface area contributed by atoms with E-state index in [1.54, 1.807) is 0 Å². The lowest BCUT2D eigenvalue weighted by Crippen LogP contribution is -2.26. The molecule has 0 saturated heterocycles. The van der Waals surface area contributed by atoms with E-state index in [4.69, 9.17) is 16.2 Å². The summed E-state index contributed by atoms with van der Waals surface area (Å²) in [7, 11) is 0. The maximum atomic E-state index is 13.7. The van der Waals surface area contributed by atoms with Crippen LogP contribution in [0.25, 0.3) is 0 Å². The Morgan fingerprint density at radius 3 is 2.61 bits per heavy atom. The molecule has 6 heteroatoms. The van der Waals surface area contributed by atoms with Crippen molar-refractivity contribution in [1.29, 1.82) is 0 Å². The quantitative estimate of drug-likeness (QED) is 0.618. The van der Waals surface area contributed by atoms with Crippen molar-refractivity contribution in [2.45, 2.75) is 13.8 Å². The zero-order chi connectivity index (χ0) is 13.9. The van der Waals surface area contributed by atoms with Crippen molar-refractivity contribution in [2.24, 2.45) is 11.7 Å². The van der Waals surface area contributed by atoms with E-state index in [0.717, 1.165) is 0 Å². The molecule has 18 heavy (non-hydrogen) atoms. The Morgan fingerprint density at radius 1 is 1.44 bits per heavy atom. The summed E-state index contributed by atoms with van der Waals surface area (Å²) < 4.78 is 18.5. The first kappa shape index (κ1) is 14.0. The van der Waals surface area contributed by atoms with Crippen LogP contribution in [0.5, 0.6) is 0 Å². The molecule has 1 aromatic carbocycles. The molecule has 0 aliphatic rings. The molecule has 0 spiro atoms. The highest BCUT2D eigenvalue weighted by atomic mass is 19.1. The molecule has 0 bridgehead atoms. The SMILES string of the molecule is Cc1cc(N)cc(C(=O)OCC(C)C(N)=O)c1F. The van der Waals surface area contributed by atoms with Crippen molar-refractivity contribution in [3.63, 3.8) is 0 Å². The number of nitrogen functional groups attached to an aromatic ring is 1. The van der Waals surface area contributed by atoms with Gasteiger partial charge < -0.3 is 16.2 Å². The third kappa shape index (κ3) is 3.19. The topological polar surface area (TPSA) is 95.4 Å². The van der Waals surface area contributed by atoms with E-state index >= 15 is 0 Å². The van der Waals surface area contributed by atoms with Gasteiger partial charge in [0.1, 0.15) is 12.4 Å². The zero-order valence-electron chi connectivity index (χ0n) is 10.2. The van der Waals surface area contributed by atoms with Gasteiger partial charge in [-0.3, -0.25) is 4.79 Å². The van der Waals surface area contributed by atoms with Crippen molar-refractivity contribution in [3.05, 3.63) is 29.1 Å². The second-order valence-electron chi connectivity index (χ2n) is 4.10. The molecule has 1 rings (SSSR count). The van der Waals surface area contributed by atoms with Crippen LogP contribution in [-0.2, 0) is 9.53 Å². The fraction of sp³-hybridized carbons (Fsp3) is 0.333. The largest absolute Gasteiger partial charge is 0.461 e. The van der Waals surface area contributed by atoms with Gasteiger partial charge in [0.2, 0.25) is 5.91 Å². The standard InChI is InChI=1S/C12H15FN2O3/c1-6-3-8(14)4-9(10(6)13)12(17)18-5-7(2)11(15)16/h3-4,7H,5,14H2,1-2H3,(H2,15,16). The lowest BCUT2D eigenvalue weighted by molar-refractivity contribution is -0.122. The summed E-state index contributed by atoms with van der Waals surface area (Å²) >= 11 is 0. The molecule has 0 saturated carbocycles. The van der Waals surface area contributed by atoms with Crippen molar-refractivity contribution < 1.29 is 18.7 Å². The predicted molar refractivity (Wildman–Crippen MR) is 64.2 cm³/mol. The lowest BCUT2D eigenvalue weighted by atomic mass is 10.1. The molecule has 1 amide bonds. The summed E-state index contributed by atoms with van der Waals surface area (Å²) in [5.74, 6) is -2.76. The minimum atomic E-state index is -0.865. The van der Waals surface area contributed by atoms with E-state index < -0.39 is 23.6 Å². The summed E-state index contributed by atoms with van der Waals surface area (Å²) in [4.78, 5) is 22.4. The first-order chi connectivity index (χ1) is 8.32. The molecule has 0 aliphatic heterocycles. The number of esters is 1. The molecule has 5 nitrogen and oxygen atoms in total. The second-order valence-corrected chi connectivity index (χ2v) is 4.10. The number of carbonyl (C=O) groups excluding carboxylic acids is 2. The number of halogens is 1. The molecule has 98 valence electrons. The number of anilines is 1. The van der Waals surface area contributed by atoms with Gasteiger partial charge in [0.15, 0.2) is 0 Å². The van der Waals surface area contributed by atoms with Crippen molar-refractivity contribution in [3.8, 4) is 0 Å². The van der Waals surface area contributed by atoms with Crippen LogP contribution in [0.4, 0.5) is 10.1 Å². The monoisotopic (exact) mass is 254 g/mol. The maximum absolute atomic E-state index is 13.7. The van der Waals surface area contributed by atoms with Gasteiger partial charge in [-0.1, -0.05) is 6.92 Å². The second kappa shape index (κ2) is 5.48. The Labute approximate surface area is 104 Å². The molecule has 0 heterocycles. The number of carbonyl (C=O) groups is 2. The van der Waals surface area contributed by atoms with Crippen LogP contribution in [0, 0.1) is 18.7 Å². The number of nitrogens with two attached hydrogens (primary N) is 2. The summed E-state index contributed by atoms with van der Waals surface area (Å²) in [5.41, 5.74) is 10.8. The number of rotatable bonds is 4. The number of hydrogen-bond acceptors (Lipinski definition) is 4. The Balaban J connectivity index is 2.82. The molecular formula is C12H15FN2O3. The van der Waals surface area contributed by atoms with E-state index in [1.165, 1.54) is 26.0 Å². The van der Waals surface area contributed by atoms with E-state index in [-0.39, 0.29) is 23.4 Å². The maximum Gasteiger partial charge on any atom is 0.341 e. The molecule has 1 unspecified atom stereocenters. The van der Waals surface area contributed by atoms with Crippen LogP contribution in [-0.4, -0.2) is 18.5 Å². The Kier molecular flexibility index (Phi) is 4.25. The Morgan fingerprint density at radius 2 is 2.06 bits per heavy atom. The fourth-order valence-electron chi connectivity index (χ4n) is 1.31. The predicted octanol–water partition coefficient (Wildman–Crippen LogP) is 0.995. The van der Waals surface area contributed by atoms with Crippen LogP contribution >= 0.6 is 0 Å². The van der Waals surface area contributed by atoms with E-state index in [2.05, 4.69) is 0 Å². The molecule has 0 fully saturated rings. The van der Waals surface area contributed by atoms with Crippen LogP contribution in [0.15, 0.2) is 12.1 Å². The summed E-state index contributed by atoms with van der Waals surface area (Å²) in [6.45, 7) is 2.81. The van der Waals surface area contributed by atoms with Gasteiger partial charge in [0.25, 0.3) is 0 Å². The highest BCUT2D eigenvalue weighted by molar-refractivity contribution is 5.91. The van der Waals surface area contributed by atoms with E-state index in [0.29, 0.717) is 0 Å². The highest BCUT2D eigenvalue weighted by Crippen LogP contribution is 2.18. The van der Waals surface area contributed by atoms with Gasteiger partial charge in [-0.25, -0.2) is 9.18 Å². The van der Waals surface area contributed by atoms with E-state index in [1.807, 2.05) is 0 Å². The minimum Gasteiger partial charge on any atom is -0.461 e. The number of benzene rings is 1. The van der Waals surface area contributed by atoms with Gasteiger partial charge in [0.05, 0.1) is 11.5 Å². The minimum absolute atomic E-state index is 0.193. The molecule has 0 radical (unpaired) electrons. The lowest BCUT2D eigenvalue weighted by Gasteiger charge is -2.10. The summed E-state index contributed by atoms with van der Waals surface area (Å²) in [6.07, 6.45) is 0. The molecule has 0 aromatic heterocycles. The van der Waals surface area contributed by atoms with Crippen LogP contribution in [0.3, 0.4) is 0 Å². The fourth-order valence-corrected chi connectivity index (χ4v) is 1.31. The average Bonchev–Trinajstić information content (AvgIpc) is 2.29. The number of primary amides is 1. The molecule has 1 atom stereocenters. The van der Waals surface area contributed by atoms with Crippen LogP contribution in [0.2, 0.25) is 0 Å². The zero-order valence-corrected chi connectivity index (χ0v) is 10.2. The van der Waals surface area contributed by atoms with Gasteiger partial charge in [-0.05, 0) is 24.6 Å². The highest BCUT2D eigenvalue weighted by Gasteiger charge is 2.18. The first-order valence-corrected chi connectivity index (χ1v) is 5.35. The van der Waals surface area contributed by atoms with Crippen molar-refractivity contribution in [2.75, 3.05) is 12.3 Å². The number of amides is 1.